The predicted octanol–water partition coefficient (Wildman–Crippen LogP) is 6.49. The monoisotopic (exact) mass is 380 g/mol. The lowest BCUT2D eigenvalue weighted by molar-refractivity contribution is 0.237. The number of benzene rings is 3. The fraction of sp³-hybridized carbons (Fsp3) is 0.185. The van der Waals surface area contributed by atoms with Gasteiger partial charge in [0.2, 0.25) is 0 Å². The standard InChI is InChI=1S/C27H28N2/c1-22(24-14-6-3-7-15-24)29(19-10-13-23-11-4-2-5-12-23)20-18-25-21-28-27-17-9-8-16-26(25)27/h2-17,21-22,28H,18-20H2,1H3/b13-10+/t22-/m0/s1. The van der Waals surface area contributed by atoms with Crippen molar-refractivity contribution in [3.05, 3.63) is 114 Å². The van der Waals surface area contributed by atoms with Crippen LogP contribution in [0.25, 0.3) is 17.0 Å². The predicted molar refractivity (Wildman–Crippen MR) is 124 cm³/mol. The van der Waals surface area contributed by atoms with Crippen LogP contribution >= 0.6 is 0 Å². The minimum absolute atomic E-state index is 0.363. The first-order valence-electron chi connectivity index (χ1n) is 10.4. The van der Waals surface area contributed by atoms with Gasteiger partial charge in [0.05, 0.1) is 0 Å². The largest absolute Gasteiger partial charge is 0.361 e. The number of rotatable bonds is 8. The van der Waals surface area contributed by atoms with Gasteiger partial charge in [-0.2, -0.15) is 0 Å². The molecule has 146 valence electrons. The van der Waals surface area contributed by atoms with E-state index in [2.05, 4.69) is 120 Å². The highest BCUT2D eigenvalue weighted by molar-refractivity contribution is 5.83. The van der Waals surface area contributed by atoms with Crippen molar-refractivity contribution in [3.8, 4) is 0 Å². The van der Waals surface area contributed by atoms with Crippen LogP contribution in [0.1, 0.15) is 29.7 Å². The summed E-state index contributed by atoms with van der Waals surface area (Å²) >= 11 is 0. The smallest absolute Gasteiger partial charge is 0.0456 e. The van der Waals surface area contributed by atoms with Crippen LogP contribution in [0, 0.1) is 0 Å². The van der Waals surface area contributed by atoms with E-state index in [1.54, 1.807) is 0 Å². The van der Waals surface area contributed by atoms with E-state index < -0.39 is 0 Å². The van der Waals surface area contributed by atoms with Gasteiger partial charge in [0.25, 0.3) is 0 Å². The average Bonchev–Trinajstić information content (AvgIpc) is 3.20. The third-order valence-corrected chi connectivity index (χ3v) is 5.62. The normalized spacial score (nSPS) is 12.8. The molecule has 0 bridgehead atoms. The van der Waals surface area contributed by atoms with Crippen molar-refractivity contribution in [1.82, 2.24) is 9.88 Å². The number of H-pyrrole nitrogens is 1. The molecule has 3 aromatic carbocycles. The molecule has 4 rings (SSSR count). The lowest BCUT2D eigenvalue weighted by Gasteiger charge is -2.28. The molecule has 2 nitrogen and oxygen atoms in total. The zero-order valence-corrected chi connectivity index (χ0v) is 17.0. The van der Waals surface area contributed by atoms with Gasteiger partial charge in [-0.15, -0.1) is 0 Å². The molecule has 0 aliphatic carbocycles. The molecule has 0 saturated heterocycles. The van der Waals surface area contributed by atoms with E-state index in [1.807, 2.05) is 0 Å². The zero-order chi connectivity index (χ0) is 19.9. The SMILES string of the molecule is C[C@@H](c1ccccc1)N(C/C=C/c1ccccc1)CCc1c[nH]c2ccccc12. The van der Waals surface area contributed by atoms with E-state index in [4.69, 9.17) is 0 Å². The molecule has 1 aromatic heterocycles. The Bertz CT molecular complexity index is 1050. The van der Waals surface area contributed by atoms with Crippen LogP contribution in [-0.4, -0.2) is 23.0 Å². The van der Waals surface area contributed by atoms with Crippen LogP contribution in [-0.2, 0) is 6.42 Å². The Kier molecular flexibility index (Phi) is 6.23. The molecule has 1 atom stereocenters. The van der Waals surface area contributed by atoms with Crippen LogP contribution in [0.5, 0.6) is 0 Å². The Morgan fingerprint density at radius 3 is 2.34 bits per heavy atom. The molecular formula is C27H28N2. The van der Waals surface area contributed by atoms with Gasteiger partial charge in [-0.25, -0.2) is 0 Å². The molecular weight excluding hydrogens is 352 g/mol. The second-order valence-corrected chi connectivity index (χ2v) is 7.50. The fourth-order valence-electron chi connectivity index (χ4n) is 3.88. The lowest BCUT2D eigenvalue weighted by atomic mass is 10.1. The van der Waals surface area contributed by atoms with Gasteiger partial charge < -0.3 is 4.98 Å². The molecule has 29 heavy (non-hydrogen) atoms. The van der Waals surface area contributed by atoms with Crippen molar-refractivity contribution in [2.24, 2.45) is 0 Å². The first-order valence-corrected chi connectivity index (χ1v) is 10.4. The highest BCUT2D eigenvalue weighted by Gasteiger charge is 2.15. The summed E-state index contributed by atoms with van der Waals surface area (Å²) in [4.78, 5) is 5.96. The Labute approximate surface area is 173 Å². The summed E-state index contributed by atoms with van der Waals surface area (Å²) in [5.41, 5.74) is 5.21. The van der Waals surface area contributed by atoms with E-state index in [9.17, 15) is 0 Å². The highest BCUT2D eigenvalue weighted by Crippen LogP contribution is 2.23. The summed E-state index contributed by atoms with van der Waals surface area (Å²) in [5, 5.41) is 1.33. The van der Waals surface area contributed by atoms with Crippen molar-refractivity contribution in [2.45, 2.75) is 19.4 Å². The first-order chi connectivity index (χ1) is 14.3. The van der Waals surface area contributed by atoms with Gasteiger partial charge in [0, 0.05) is 36.2 Å². The van der Waals surface area contributed by atoms with E-state index in [1.165, 1.54) is 27.6 Å². The van der Waals surface area contributed by atoms with Crippen molar-refractivity contribution in [2.75, 3.05) is 13.1 Å². The van der Waals surface area contributed by atoms with E-state index in [0.29, 0.717) is 6.04 Å². The van der Waals surface area contributed by atoms with Gasteiger partial charge in [-0.05, 0) is 36.1 Å². The zero-order valence-electron chi connectivity index (χ0n) is 17.0. The molecule has 1 N–H and O–H groups in total. The molecule has 0 spiro atoms. The van der Waals surface area contributed by atoms with Gasteiger partial charge in [0.15, 0.2) is 0 Å². The van der Waals surface area contributed by atoms with Crippen LogP contribution in [0.15, 0.2) is 97.2 Å². The minimum Gasteiger partial charge on any atom is -0.361 e. The molecule has 0 radical (unpaired) electrons. The Hall–Kier alpha value is -3.10. The van der Waals surface area contributed by atoms with Crippen molar-refractivity contribution < 1.29 is 0 Å². The van der Waals surface area contributed by atoms with E-state index in [-0.39, 0.29) is 0 Å². The third kappa shape index (κ3) is 4.85. The minimum atomic E-state index is 0.363. The average molecular weight is 381 g/mol. The van der Waals surface area contributed by atoms with E-state index in [0.717, 1.165) is 19.5 Å². The quantitative estimate of drug-likeness (QED) is 0.370. The van der Waals surface area contributed by atoms with Gasteiger partial charge in [-0.3, -0.25) is 4.90 Å². The van der Waals surface area contributed by atoms with Crippen LogP contribution in [0.4, 0.5) is 0 Å². The number of hydrogen-bond acceptors (Lipinski definition) is 1. The summed E-state index contributed by atoms with van der Waals surface area (Å²) < 4.78 is 0. The number of hydrogen-bond donors (Lipinski definition) is 1. The molecule has 0 unspecified atom stereocenters. The number of nitrogens with one attached hydrogen (secondary N) is 1. The summed E-state index contributed by atoms with van der Waals surface area (Å²) in [6, 6.07) is 30.2. The van der Waals surface area contributed by atoms with Crippen LogP contribution in [0.3, 0.4) is 0 Å². The number of aromatic amines is 1. The second kappa shape index (κ2) is 9.40. The molecule has 4 aromatic rings. The maximum absolute atomic E-state index is 3.40. The van der Waals surface area contributed by atoms with Crippen LogP contribution in [0.2, 0.25) is 0 Å². The highest BCUT2D eigenvalue weighted by atomic mass is 15.1. The third-order valence-electron chi connectivity index (χ3n) is 5.62. The van der Waals surface area contributed by atoms with Crippen LogP contribution < -0.4 is 0 Å². The summed E-state index contributed by atoms with van der Waals surface area (Å²) in [5.74, 6) is 0. The summed E-state index contributed by atoms with van der Waals surface area (Å²) in [7, 11) is 0. The molecule has 1 heterocycles. The van der Waals surface area contributed by atoms with Crippen molar-refractivity contribution >= 4 is 17.0 Å². The van der Waals surface area contributed by atoms with Crippen molar-refractivity contribution in [3.63, 3.8) is 0 Å². The fourth-order valence-corrected chi connectivity index (χ4v) is 3.88. The van der Waals surface area contributed by atoms with Crippen molar-refractivity contribution in [1.29, 1.82) is 0 Å². The summed E-state index contributed by atoms with van der Waals surface area (Å²) in [6.07, 6.45) is 7.69. The Balaban J connectivity index is 1.50. The number of nitrogens with zero attached hydrogens (tertiary/aromatic N) is 1. The first kappa shape index (κ1) is 19.2. The Morgan fingerprint density at radius 2 is 1.55 bits per heavy atom. The molecule has 0 amide bonds. The Morgan fingerprint density at radius 1 is 0.862 bits per heavy atom. The van der Waals surface area contributed by atoms with Gasteiger partial charge in [0.1, 0.15) is 0 Å². The number of fused-ring (bicyclic) bond motifs is 1. The number of para-hydroxylation sites is 1. The topological polar surface area (TPSA) is 19.0 Å². The van der Waals surface area contributed by atoms with Gasteiger partial charge >= 0.3 is 0 Å². The maximum Gasteiger partial charge on any atom is 0.0456 e. The molecule has 0 aliphatic rings. The molecule has 2 heteroatoms. The molecule has 0 saturated carbocycles. The van der Waals surface area contributed by atoms with E-state index >= 15 is 0 Å². The second-order valence-electron chi connectivity index (χ2n) is 7.50. The summed E-state index contributed by atoms with van der Waals surface area (Å²) in [6.45, 7) is 4.24. The maximum atomic E-state index is 3.40. The number of aromatic nitrogens is 1. The lowest BCUT2D eigenvalue weighted by Crippen LogP contribution is -2.29. The molecule has 0 aliphatic heterocycles. The van der Waals surface area contributed by atoms with Gasteiger partial charge in [-0.1, -0.05) is 91.0 Å². The molecule has 0 fully saturated rings.